The van der Waals surface area contributed by atoms with Gasteiger partial charge in [0.25, 0.3) is 8.32 Å². The summed E-state index contributed by atoms with van der Waals surface area (Å²) in [7, 11) is -2.55. The first-order chi connectivity index (χ1) is 13.3. The van der Waals surface area contributed by atoms with E-state index < -0.39 is 14.4 Å². The summed E-state index contributed by atoms with van der Waals surface area (Å²) in [4.78, 5) is 10.7. The number of carbonyl (C=O) groups is 1. The van der Waals surface area contributed by atoms with Crippen LogP contribution in [0.2, 0.25) is 5.04 Å². The van der Waals surface area contributed by atoms with E-state index in [1.807, 2.05) is 12.1 Å². The van der Waals surface area contributed by atoms with Crippen molar-refractivity contribution in [2.75, 3.05) is 6.54 Å². The monoisotopic (exact) mass is 399 g/mol. The third-order valence-electron chi connectivity index (χ3n) is 5.19. The Morgan fingerprint density at radius 3 is 1.93 bits per heavy atom. The summed E-state index contributed by atoms with van der Waals surface area (Å²) >= 11 is 0. The Morgan fingerprint density at radius 1 is 1.04 bits per heavy atom. The van der Waals surface area contributed by atoms with E-state index in [1.165, 1.54) is 10.4 Å². The molecule has 0 aliphatic rings. The van der Waals surface area contributed by atoms with Crippen LogP contribution in [0.1, 0.15) is 47.0 Å². The zero-order valence-corrected chi connectivity index (χ0v) is 18.4. The van der Waals surface area contributed by atoms with E-state index in [9.17, 15) is 4.79 Å². The predicted molar refractivity (Wildman–Crippen MR) is 118 cm³/mol. The van der Waals surface area contributed by atoms with Crippen LogP contribution in [0.25, 0.3) is 0 Å². The van der Waals surface area contributed by atoms with E-state index in [-0.39, 0.29) is 11.1 Å². The number of hydrogen-bond donors (Lipinski definition) is 2. The number of amides is 1. The molecule has 0 saturated carbocycles. The molecule has 0 radical (unpaired) electrons. The second kappa shape index (κ2) is 9.89. The maximum Gasteiger partial charge on any atom is 0.404 e. The van der Waals surface area contributed by atoms with Gasteiger partial charge in [-0.05, 0) is 34.7 Å². The molecule has 0 bridgehead atoms. The van der Waals surface area contributed by atoms with Crippen molar-refractivity contribution in [2.45, 2.75) is 58.1 Å². The largest absolute Gasteiger partial charge is 0.465 e. The fourth-order valence-electron chi connectivity index (χ4n) is 3.81. The van der Waals surface area contributed by atoms with Gasteiger partial charge in [0.1, 0.15) is 0 Å². The average molecular weight is 400 g/mol. The van der Waals surface area contributed by atoms with Crippen molar-refractivity contribution in [1.82, 2.24) is 5.32 Å². The molecule has 0 aliphatic carbocycles. The minimum Gasteiger partial charge on any atom is -0.465 e. The smallest absolute Gasteiger partial charge is 0.404 e. The molecule has 0 spiro atoms. The van der Waals surface area contributed by atoms with Crippen molar-refractivity contribution in [2.24, 2.45) is 0 Å². The van der Waals surface area contributed by atoms with E-state index >= 15 is 0 Å². The van der Waals surface area contributed by atoms with Crippen molar-refractivity contribution in [3.63, 3.8) is 0 Å². The summed E-state index contributed by atoms with van der Waals surface area (Å²) in [6.07, 6.45) is 1.62. The van der Waals surface area contributed by atoms with Crippen LogP contribution in [0.4, 0.5) is 4.79 Å². The predicted octanol–water partition coefficient (Wildman–Crippen LogP) is 4.39. The average Bonchev–Trinajstić information content (AvgIpc) is 2.68. The van der Waals surface area contributed by atoms with Gasteiger partial charge in [-0.25, -0.2) is 4.79 Å². The molecule has 1 unspecified atom stereocenters. The molecule has 1 atom stereocenters. The summed E-state index contributed by atoms with van der Waals surface area (Å²) in [6, 6.07) is 21.2. The van der Waals surface area contributed by atoms with Crippen LogP contribution in [0.5, 0.6) is 0 Å². The molecule has 2 rings (SSSR count). The Morgan fingerprint density at radius 2 is 1.54 bits per heavy atom. The summed E-state index contributed by atoms with van der Waals surface area (Å²) < 4.78 is 7.09. The van der Waals surface area contributed by atoms with Crippen molar-refractivity contribution in [3.8, 4) is 0 Å². The summed E-state index contributed by atoms with van der Waals surface area (Å²) in [5.74, 6) is 0. The second-order valence-corrected chi connectivity index (χ2v) is 12.4. The van der Waals surface area contributed by atoms with Crippen molar-refractivity contribution < 1.29 is 14.3 Å². The zero-order valence-electron chi connectivity index (χ0n) is 17.4. The molecular formula is C23H33NO3Si. The van der Waals surface area contributed by atoms with E-state index in [0.717, 1.165) is 19.3 Å². The molecule has 0 aromatic heterocycles. The Bertz CT molecular complexity index is 689. The van der Waals surface area contributed by atoms with Gasteiger partial charge in [0.15, 0.2) is 0 Å². The second-order valence-electron chi connectivity index (χ2n) is 8.19. The van der Waals surface area contributed by atoms with Crippen molar-refractivity contribution >= 4 is 24.8 Å². The van der Waals surface area contributed by atoms with Gasteiger partial charge < -0.3 is 14.8 Å². The van der Waals surface area contributed by atoms with E-state index in [4.69, 9.17) is 9.53 Å². The van der Waals surface area contributed by atoms with Gasteiger partial charge in [-0.2, -0.15) is 0 Å². The highest BCUT2D eigenvalue weighted by molar-refractivity contribution is 6.99. The van der Waals surface area contributed by atoms with Gasteiger partial charge in [-0.3, -0.25) is 0 Å². The first kappa shape index (κ1) is 22.2. The maximum absolute atomic E-state index is 10.7. The molecule has 4 nitrogen and oxygen atoms in total. The number of rotatable bonds is 9. The summed E-state index contributed by atoms with van der Waals surface area (Å²) in [6.45, 7) is 9.43. The molecule has 2 aromatic rings. The topological polar surface area (TPSA) is 58.6 Å². The van der Waals surface area contributed by atoms with E-state index in [0.29, 0.717) is 6.54 Å². The summed E-state index contributed by atoms with van der Waals surface area (Å²) in [5.41, 5.74) is 0. The van der Waals surface area contributed by atoms with Gasteiger partial charge in [0.05, 0.1) is 0 Å². The number of nitrogens with one attached hydrogen (secondary N) is 1. The van der Waals surface area contributed by atoms with Gasteiger partial charge >= 0.3 is 6.09 Å². The van der Waals surface area contributed by atoms with Gasteiger partial charge in [-0.1, -0.05) is 88.4 Å². The molecule has 28 heavy (non-hydrogen) atoms. The van der Waals surface area contributed by atoms with Gasteiger partial charge in [0.2, 0.25) is 0 Å². The molecular weight excluding hydrogens is 366 g/mol. The Labute approximate surface area is 170 Å². The lowest BCUT2D eigenvalue weighted by molar-refractivity contribution is 0.168. The van der Waals surface area contributed by atoms with Crippen molar-refractivity contribution in [3.05, 3.63) is 60.7 Å². The highest BCUT2D eigenvalue weighted by Crippen LogP contribution is 2.38. The Balaban J connectivity index is 2.41. The Hall–Kier alpha value is -2.11. The first-order valence-electron chi connectivity index (χ1n) is 10.1. The lowest BCUT2D eigenvalue weighted by atomic mass is 10.1. The maximum atomic E-state index is 10.7. The van der Waals surface area contributed by atoms with Crippen molar-refractivity contribution in [1.29, 1.82) is 0 Å². The standard InChI is InChI=1S/C23H33NO3Si/c1-5-19(13-12-18-24-22(25)26)27-28(23(2,3)4,20-14-8-6-9-15-20)21-16-10-7-11-17-21/h6-11,14-17,19,24H,5,12-13,18H2,1-4H3,(H,25,26). The quantitative estimate of drug-likeness (QED) is 0.486. The SMILES string of the molecule is CCC(CCCNC(=O)O)O[Si](c1ccccc1)(c1ccccc1)C(C)(C)C. The fourth-order valence-corrected chi connectivity index (χ4v) is 8.61. The molecule has 0 aliphatic heterocycles. The molecule has 1 amide bonds. The highest BCUT2D eigenvalue weighted by Gasteiger charge is 2.51. The van der Waals surface area contributed by atoms with Gasteiger partial charge in [-0.15, -0.1) is 0 Å². The van der Waals surface area contributed by atoms with E-state index in [1.54, 1.807) is 0 Å². The normalized spacial score (nSPS) is 13.1. The number of hydrogen-bond acceptors (Lipinski definition) is 2. The molecule has 0 heterocycles. The molecule has 5 heteroatoms. The first-order valence-corrected chi connectivity index (χ1v) is 12.0. The molecule has 2 aromatic carbocycles. The Kier molecular flexibility index (Phi) is 7.84. The van der Waals surface area contributed by atoms with Crippen LogP contribution in [0.15, 0.2) is 60.7 Å². The third kappa shape index (κ3) is 5.24. The van der Waals surface area contributed by atoms with Crippen LogP contribution in [0, 0.1) is 0 Å². The molecule has 152 valence electrons. The third-order valence-corrected chi connectivity index (χ3v) is 10.3. The van der Waals surface area contributed by atoms with Crippen LogP contribution < -0.4 is 15.7 Å². The molecule has 0 saturated heterocycles. The number of benzene rings is 2. The van der Waals surface area contributed by atoms with Gasteiger partial charge in [0, 0.05) is 12.6 Å². The minimum atomic E-state index is -2.55. The molecule has 2 N–H and O–H groups in total. The highest BCUT2D eigenvalue weighted by atomic mass is 28.4. The number of carboxylic acid groups (broad SMARTS) is 1. The summed E-state index contributed by atoms with van der Waals surface area (Å²) in [5, 5.41) is 13.7. The minimum absolute atomic E-state index is 0.0531. The zero-order chi connectivity index (χ0) is 20.6. The van der Waals surface area contributed by atoms with Crippen LogP contribution >= 0.6 is 0 Å². The van der Waals surface area contributed by atoms with Crippen LogP contribution in [-0.2, 0) is 4.43 Å². The lowest BCUT2D eigenvalue weighted by Gasteiger charge is -2.45. The van der Waals surface area contributed by atoms with E-state index in [2.05, 4.69) is 81.5 Å². The molecule has 0 fully saturated rings. The fraction of sp³-hybridized carbons (Fsp3) is 0.435. The lowest BCUT2D eigenvalue weighted by Crippen LogP contribution is -2.67. The van der Waals surface area contributed by atoms with Crippen LogP contribution in [0.3, 0.4) is 0 Å². The van der Waals surface area contributed by atoms with Crippen LogP contribution in [-0.4, -0.2) is 32.2 Å².